The minimum Gasteiger partial charge on any atom is -0.376 e. The number of unbranched alkanes of at least 4 members (excludes halogenated alkanes) is 32. The average molecular weight is 713 g/mol. The Balaban J connectivity index is 0. The first kappa shape index (κ1) is 51.5. The van der Waals surface area contributed by atoms with E-state index in [9.17, 15) is 0 Å². The highest BCUT2D eigenvalue weighted by molar-refractivity contribution is 7.37. The van der Waals surface area contributed by atoms with Gasteiger partial charge in [0.1, 0.15) is 6.54 Å². The van der Waals surface area contributed by atoms with E-state index in [1.165, 1.54) is 246 Å². The summed E-state index contributed by atoms with van der Waals surface area (Å²) in [7, 11) is 7.82. The summed E-state index contributed by atoms with van der Waals surface area (Å²) in [6.45, 7) is 9.77. The molecule has 0 unspecified atom stereocenters. The second kappa shape index (κ2) is 46.4. The first-order valence-corrected chi connectivity index (χ1v) is 24.5. The average Bonchev–Trinajstić information content (AvgIpc) is 3.08. The topological polar surface area (TPSA) is 9.23 Å². The molecule has 0 spiro atoms. The molecule has 0 amide bonds. The Bertz CT molecular complexity index is 514. The first-order valence-electron chi connectivity index (χ1n) is 23.1. The van der Waals surface area contributed by atoms with E-state index in [0.717, 1.165) is 24.2 Å². The van der Waals surface area contributed by atoms with E-state index in [1.54, 1.807) is 0 Å². The molecule has 0 bridgehead atoms. The molecule has 2 nitrogen and oxygen atoms in total. The molecule has 0 aliphatic heterocycles. The maximum absolute atomic E-state index is 5.50. The van der Waals surface area contributed by atoms with Crippen molar-refractivity contribution in [2.45, 2.75) is 245 Å². The predicted octanol–water partition coefficient (Wildman–Crippen LogP) is 16.1. The van der Waals surface area contributed by atoms with Crippen molar-refractivity contribution < 1.29 is 9.22 Å². The molecule has 0 aromatic rings. The molecule has 0 radical (unpaired) electrons. The predicted molar refractivity (Wildman–Crippen MR) is 230 cm³/mol. The van der Waals surface area contributed by atoms with Crippen molar-refractivity contribution in [3.63, 3.8) is 0 Å². The summed E-state index contributed by atoms with van der Waals surface area (Å²) in [5.74, 6) is 0. The summed E-state index contributed by atoms with van der Waals surface area (Å²) in [5, 5.41) is 0. The van der Waals surface area contributed by atoms with Crippen LogP contribution in [0.4, 0.5) is 0 Å². The van der Waals surface area contributed by atoms with Gasteiger partial charge in [-0.1, -0.05) is 226 Å². The van der Waals surface area contributed by atoms with Crippen LogP contribution in [0.25, 0.3) is 0 Å². The molecule has 0 saturated heterocycles. The van der Waals surface area contributed by atoms with Crippen molar-refractivity contribution >= 4 is 8.58 Å². The maximum Gasteiger partial charge on any atom is 0.102 e. The smallest absolute Gasteiger partial charge is 0.102 e. The number of hydrogen-bond donors (Lipinski definition) is 0. The SMILES string of the molecule is CCCCCCCCCCCCCCCCCCPCCCCCCCCCCCCCCCCCC.CCCCCOCC[N+](C)(C)C. The zero-order chi connectivity index (χ0) is 36.2. The van der Waals surface area contributed by atoms with Gasteiger partial charge in [-0.2, -0.15) is 0 Å². The second-order valence-electron chi connectivity index (χ2n) is 16.7. The Kier molecular flexibility index (Phi) is 48.7. The Hall–Kier alpha value is 0.350. The molecule has 0 N–H and O–H groups in total. The van der Waals surface area contributed by atoms with Crippen molar-refractivity contribution in [2.24, 2.45) is 0 Å². The van der Waals surface area contributed by atoms with E-state index in [1.807, 2.05) is 0 Å². The highest BCUT2D eigenvalue weighted by Gasteiger charge is 2.05. The fourth-order valence-corrected chi connectivity index (χ4v) is 7.87. The third-order valence-electron chi connectivity index (χ3n) is 10.2. The van der Waals surface area contributed by atoms with Crippen LogP contribution in [0.2, 0.25) is 0 Å². The molecule has 0 aromatic carbocycles. The van der Waals surface area contributed by atoms with Gasteiger partial charge in [-0.05, 0) is 31.6 Å². The van der Waals surface area contributed by atoms with Crippen LogP contribution in [0.1, 0.15) is 245 Å². The lowest BCUT2D eigenvalue weighted by molar-refractivity contribution is -0.870. The van der Waals surface area contributed by atoms with Gasteiger partial charge in [-0.25, -0.2) is 0 Å². The number of likely N-dealkylation sites (N-methyl/N-ethyl adjacent to an activating group) is 1. The molecule has 0 atom stereocenters. The normalized spacial score (nSPS) is 11.6. The third-order valence-corrected chi connectivity index (χ3v) is 11.6. The molecule has 49 heavy (non-hydrogen) atoms. The number of nitrogens with zero attached hydrogens (tertiary/aromatic N) is 1. The molecule has 298 valence electrons. The Labute approximate surface area is 315 Å². The number of rotatable bonds is 41. The van der Waals surface area contributed by atoms with Gasteiger partial charge in [0.15, 0.2) is 0 Å². The van der Waals surface area contributed by atoms with Crippen molar-refractivity contribution in [2.75, 3.05) is 53.2 Å². The molecule has 0 aromatic heterocycles. The fourth-order valence-electron chi connectivity index (χ4n) is 6.62. The van der Waals surface area contributed by atoms with Crippen LogP contribution in [-0.2, 0) is 4.74 Å². The second-order valence-corrected chi connectivity index (χ2v) is 18.2. The largest absolute Gasteiger partial charge is 0.376 e. The van der Waals surface area contributed by atoms with E-state index in [4.69, 9.17) is 4.74 Å². The summed E-state index contributed by atoms with van der Waals surface area (Å²) < 4.78 is 6.49. The number of quaternary nitrogens is 1. The minimum atomic E-state index is 0.896. The molecule has 0 aliphatic carbocycles. The Morgan fingerprint density at radius 2 is 0.551 bits per heavy atom. The van der Waals surface area contributed by atoms with E-state index >= 15 is 0 Å². The van der Waals surface area contributed by atoms with Gasteiger partial charge in [0.05, 0.1) is 27.7 Å². The van der Waals surface area contributed by atoms with E-state index in [-0.39, 0.29) is 0 Å². The number of ether oxygens (including phenoxy) is 1. The van der Waals surface area contributed by atoms with Gasteiger partial charge >= 0.3 is 0 Å². The third kappa shape index (κ3) is 55.3. The van der Waals surface area contributed by atoms with Gasteiger partial charge in [-0.3, -0.25) is 0 Å². The van der Waals surface area contributed by atoms with E-state index < -0.39 is 0 Å². The van der Waals surface area contributed by atoms with E-state index in [2.05, 4.69) is 41.9 Å². The monoisotopic (exact) mass is 713 g/mol. The van der Waals surface area contributed by atoms with E-state index in [0.29, 0.717) is 0 Å². The summed E-state index contributed by atoms with van der Waals surface area (Å²) in [5.41, 5.74) is 0. The molecule has 0 saturated carbocycles. The van der Waals surface area contributed by atoms with Crippen molar-refractivity contribution in [3.05, 3.63) is 0 Å². The van der Waals surface area contributed by atoms with Gasteiger partial charge in [-0.15, -0.1) is 8.58 Å². The molecule has 3 heteroatoms. The van der Waals surface area contributed by atoms with Crippen LogP contribution in [0.3, 0.4) is 0 Å². The first-order chi connectivity index (χ1) is 24.0. The summed E-state index contributed by atoms with van der Waals surface area (Å²) in [4.78, 5) is 0. The lowest BCUT2D eigenvalue weighted by atomic mass is 10.0. The molecule has 0 aliphatic rings. The lowest BCUT2D eigenvalue weighted by Crippen LogP contribution is -2.37. The van der Waals surface area contributed by atoms with Crippen LogP contribution in [0.5, 0.6) is 0 Å². The Morgan fingerprint density at radius 3 is 0.816 bits per heavy atom. The zero-order valence-corrected chi connectivity index (χ0v) is 36.6. The summed E-state index contributed by atoms with van der Waals surface area (Å²) in [6.07, 6.45) is 54.3. The molecule has 0 rings (SSSR count). The fraction of sp³-hybridized carbons (Fsp3) is 1.00. The zero-order valence-electron chi connectivity index (χ0n) is 35.6. The Morgan fingerprint density at radius 1 is 0.306 bits per heavy atom. The van der Waals surface area contributed by atoms with Crippen LogP contribution < -0.4 is 0 Å². The number of hydrogen-bond acceptors (Lipinski definition) is 1. The maximum atomic E-state index is 5.50. The summed E-state index contributed by atoms with van der Waals surface area (Å²) >= 11 is 0. The van der Waals surface area contributed by atoms with Gasteiger partial charge < -0.3 is 9.22 Å². The van der Waals surface area contributed by atoms with Crippen molar-refractivity contribution in [1.82, 2.24) is 0 Å². The molecule has 0 heterocycles. The minimum absolute atomic E-state index is 0.896. The summed E-state index contributed by atoms with van der Waals surface area (Å²) in [6, 6.07) is 0. The molecule has 0 fully saturated rings. The van der Waals surface area contributed by atoms with Gasteiger partial charge in [0.25, 0.3) is 0 Å². The van der Waals surface area contributed by atoms with Crippen LogP contribution in [0, 0.1) is 0 Å². The lowest BCUT2D eigenvalue weighted by Gasteiger charge is -2.23. The van der Waals surface area contributed by atoms with Gasteiger partial charge in [0, 0.05) is 6.61 Å². The van der Waals surface area contributed by atoms with Crippen LogP contribution in [-0.4, -0.2) is 57.7 Å². The van der Waals surface area contributed by atoms with Crippen LogP contribution in [0.15, 0.2) is 0 Å². The standard InChI is InChI=1S/C36H75P.C10H24NO/c1-3-5-7-9-11-13-15-17-19-21-23-25-27-29-31-33-35-37-36-34-32-30-28-26-24-22-20-18-16-14-12-10-8-6-4-2;1-5-6-7-9-12-10-8-11(2,3)4/h37H,3-36H2,1-2H3;5-10H2,1-4H3/q;+1. The van der Waals surface area contributed by atoms with Crippen molar-refractivity contribution in [1.29, 1.82) is 0 Å². The molecular formula is C46H99NOP+. The highest BCUT2D eigenvalue weighted by atomic mass is 31.1. The van der Waals surface area contributed by atoms with Crippen molar-refractivity contribution in [3.8, 4) is 0 Å². The molecular weight excluding hydrogens is 613 g/mol. The van der Waals surface area contributed by atoms with Crippen LogP contribution >= 0.6 is 8.58 Å². The highest BCUT2D eigenvalue weighted by Crippen LogP contribution is 2.19. The van der Waals surface area contributed by atoms with Gasteiger partial charge in [0.2, 0.25) is 0 Å². The quantitative estimate of drug-likeness (QED) is 0.0348.